The number of ether oxygens (including phenoxy) is 3. The van der Waals surface area contributed by atoms with Crippen LogP contribution in [0.5, 0.6) is 0 Å². The zero-order chi connectivity index (χ0) is 11.6. The monoisotopic (exact) mass is 228 g/mol. The quantitative estimate of drug-likeness (QED) is 0.513. The SMILES string of the molecule is CCOC(=O)[C@@H]1CC2(CCC1=O)OCCO2. The van der Waals surface area contributed by atoms with Crippen molar-refractivity contribution in [3.8, 4) is 0 Å². The van der Waals surface area contributed by atoms with E-state index in [0.29, 0.717) is 32.5 Å². The van der Waals surface area contributed by atoms with Gasteiger partial charge in [-0.2, -0.15) is 0 Å². The number of Topliss-reactive ketones (excluding diaryl/α,β-unsaturated/α-hetero) is 1. The lowest BCUT2D eigenvalue weighted by molar-refractivity contribution is -0.195. The van der Waals surface area contributed by atoms with Crippen LogP contribution in [-0.4, -0.2) is 37.4 Å². The topological polar surface area (TPSA) is 61.8 Å². The van der Waals surface area contributed by atoms with Crippen molar-refractivity contribution in [2.45, 2.75) is 32.0 Å². The lowest BCUT2D eigenvalue weighted by Gasteiger charge is -2.34. The fourth-order valence-corrected chi connectivity index (χ4v) is 2.23. The van der Waals surface area contributed by atoms with E-state index < -0.39 is 17.7 Å². The molecule has 0 aromatic heterocycles. The van der Waals surface area contributed by atoms with Crippen LogP contribution in [0.25, 0.3) is 0 Å². The number of esters is 1. The first-order chi connectivity index (χ1) is 7.67. The summed E-state index contributed by atoms with van der Waals surface area (Å²) >= 11 is 0. The van der Waals surface area contributed by atoms with Gasteiger partial charge in [0.25, 0.3) is 0 Å². The summed E-state index contributed by atoms with van der Waals surface area (Å²) in [5.74, 6) is -1.95. The van der Waals surface area contributed by atoms with Gasteiger partial charge < -0.3 is 14.2 Å². The van der Waals surface area contributed by atoms with E-state index in [1.807, 2.05) is 0 Å². The van der Waals surface area contributed by atoms with Gasteiger partial charge in [-0.1, -0.05) is 0 Å². The lowest BCUT2D eigenvalue weighted by atomic mass is 9.83. The summed E-state index contributed by atoms with van der Waals surface area (Å²) in [5.41, 5.74) is 0. The van der Waals surface area contributed by atoms with E-state index in [0.717, 1.165) is 0 Å². The average Bonchev–Trinajstić information content (AvgIpc) is 2.71. The zero-order valence-corrected chi connectivity index (χ0v) is 9.36. The van der Waals surface area contributed by atoms with Crippen LogP contribution in [0.2, 0.25) is 0 Å². The highest BCUT2D eigenvalue weighted by Gasteiger charge is 2.47. The Morgan fingerprint density at radius 2 is 2.19 bits per heavy atom. The van der Waals surface area contributed by atoms with Crippen molar-refractivity contribution in [1.82, 2.24) is 0 Å². The molecule has 0 unspecified atom stereocenters. The van der Waals surface area contributed by atoms with Crippen LogP contribution in [0.15, 0.2) is 0 Å². The molecule has 1 heterocycles. The normalized spacial score (nSPS) is 28.3. The summed E-state index contributed by atoms with van der Waals surface area (Å²) in [6.07, 6.45) is 1.16. The summed E-state index contributed by atoms with van der Waals surface area (Å²) in [6.45, 7) is 3.08. The van der Waals surface area contributed by atoms with Crippen LogP contribution in [0, 0.1) is 5.92 Å². The standard InChI is InChI=1S/C11H16O5/c1-2-14-10(13)8-7-11(4-3-9(8)12)15-5-6-16-11/h8H,2-7H2,1H3/t8-/m1/s1. The van der Waals surface area contributed by atoms with Crippen molar-refractivity contribution >= 4 is 11.8 Å². The van der Waals surface area contributed by atoms with Gasteiger partial charge in [-0.05, 0) is 6.92 Å². The van der Waals surface area contributed by atoms with Gasteiger partial charge in [-0.25, -0.2) is 0 Å². The molecule has 0 aromatic carbocycles. The van der Waals surface area contributed by atoms with Crippen molar-refractivity contribution in [2.24, 2.45) is 5.92 Å². The largest absolute Gasteiger partial charge is 0.465 e. The lowest BCUT2D eigenvalue weighted by Crippen LogP contribution is -2.43. The van der Waals surface area contributed by atoms with Gasteiger partial charge in [0.2, 0.25) is 0 Å². The van der Waals surface area contributed by atoms with Crippen molar-refractivity contribution in [3.63, 3.8) is 0 Å². The van der Waals surface area contributed by atoms with Gasteiger partial charge in [0.1, 0.15) is 11.7 Å². The van der Waals surface area contributed by atoms with Crippen LogP contribution < -0.4 is 0 Å². The number of rotatable bonds is 2. The molecule has 1 saturated carbocycles. The van der Waals surface area contributed by atoms with Crippen LogP contribution >= 0.6 is 0 Å². The maximum Gasteiger partial charge on any atom is 0.316 e. The molecule has 0 radical (unpaired) electrons. The summed E-state index contributed by atoms with van der Waals surface area (Å²) in [7, 11) is 0. The van der Waals surface area contributed by atoms with Gasteiger partial charge >= 0.3 is 5.97 Å². The molecule has 2 aliphatic rings. The minimum Gasteiger partial charge on any atom is -0.465 e. The van der Waals surface area contributed by atoms with Gasteiger partial charge in [-0.15, -0.1) is 0 Å². The molecule has 5 nitrogen and oxygen atoms in total. The molecule has 5 heteroatoms. The Hall–Kier alpha value is -0.940. The summed E-state index contributed by atoms with van der Waals surface area (Å²) in [6, 6.07) is 0. The highest BCUT2D eigenvalue weighted by atomic mass is 16.7. The fraction of sp³-hybridized carbons (Fsp3) is 0.818. The molecule has 1 aliphatic carbocycles. The molecule has 2 fully saturated rings. The maximum atomic E-state index is 11.6. The molecule has 90 valence electrons. The van der Waals surface area contributed by atoms with Crippen molar-refractivity contribution in [2.75, 3.05) is 19.8 Å². The molecule has 16 heavy (non-hydrogen) atoms. The predicted octanol–water partition coefficient (Wildman–Crippen LogP) is 0.662. The van der Waals surface area contributed by atoms with Crippen LogP contribution in [-0.2, 0) is 23.8 Å². The number of hydrogen-bond donors (Lipinski definition) is 0. The number of hydrogen-bond acceptors (Lipinski definition) is 5. The fourth-order valence-electron chi connectivity index (χ4n) is 2.23. The minimum atomic E-state index is -0.717. The van der Waals surface area contributed by atoms with E-state index in [1.54, 1.807) is 6.92 Å². The van der Waals surface area contributed by atoms with Gasteiger partial charge in [-0.3, -0.25) is 9.59 Å². The predicted molar refractivity (Wildman–Crippen MR) is 53.6 cm³/mol. The summed E-state index contributed by atoms with van der Waals surface area (Å²) in [5, 5.41) is 0. The Balaban J connectivity index is 2.05. The van der Waals surface area contributed by atoms with Crippen LogP contribution in [0.4, 0.5) is 0 Å². The molecule has 0 amide bonds. The zero-order valence-electron chi connectivity index (χ0n) is 9.36. The Morgan fingerprint density at radius 1 is 1.50 bits per heavy atom. The van der Waals surface area contributed by atoms with Gasteiger partial charge in [0, 0.05) is 19.3 Å². The number of carbonyl (C=O) groups is 2. The van der Waals surface area contributed by atoms with E-state index in [4.69, 9.17) is 14.2 Å². The second-order valence-electron chi connectivity index (χ2n) is 4.08. The van der Waals surface area contributed by atoms with E-state index >= 15 is 0 Å². The molecule has 0 N–H and O–H groups in total. The third-order valence-corrected chi connectivity index (χ3v) is 3.04. The molecule has 0 aromatic rings. The van der Waals surface area contributed by atoms with Crippen molar-refractivity contribution in [1.29, 1.82) is 0 Å². The molecule has 1 atom stereocenters. The third-order valence-electron chi connectivity index (χ3n) is 3.04. The van der Waals surface area contributed by atoms with Crippen molar-refractivity contribution in [3.05, 3.63) is 0 Å². The molecule has 0 bridgehead atoms. The third kappa shape index (κ3) is 2.10. The number of ketones is 1. The van der Waals surface area contributed by atoms with Crippen LogP contribution in [0.1, 0.15) is 26.2 Å². The first-order valence-corrected chi connectivity index (χ1v) is 5.64. The maximum absolute atomic E-state index is 11.6. The molecular weight excluding hydrogens is 212 g/mol. The molecule has 1 aliphatic heterocycles. The van der Waals surface area contributed by atoms with Crippen molar-refractivity contribution < 1.29 is 23.8 Å². The molecular formula is C11H16O5. The number of carbonyl (C=O) groups excluding carboxylic acids is 2. The first-order valence-electron chi connectivity index (χ1n) is 5.64. The first kappa shape index (κ1) is 11.5. The van der Waals surface area contributed by atoms with Gasteiger partial charge in [0.05, 0.1) is 19.8 Å². The second-order valence-corrected chi connectivity index (χ2v) is 4.08. The second kappa shape index (κ2) is 4.51. The Bertz CT molecular complexity index is 293. The van der Waals surface area contributed by atoms with E-state index in [9.17, 15) is 9.59 Å². The highest BCUT2D eigenvalue weighted by molar-refractivity contribution is 5.99. The Morgan fingerprint density at radius 3 is 2.81 bits per heavy atom. The van der Waals surface area contributed by atoms with E-state index in [1.165, 1.54) is 0 Å². The smallest absolute Gasteiger partial charge is 0.316 e. The molecule has 1 saturated heterocycles. The highest BCUT2D eigenvalue weighted by Crippen LogP contribution is 2.37. The average molecular weight is 228 g/mol. The Kier molecular flexibility index (Phi) is 3.25. The van der Waals surface area contributed by atoms with Gasteiger partial charge in [0.15, 0.2) is 5.79 Å². The Labute approximate surface area is 94.0 Å². The van der Waals surface area contributed by atoms with Crippen LogP contribution in [0.3, 0.4) is 0 Å². The molecule has 1 spiro atoms. The van der Waals surface area contributed by atoms with E-state index in [2.05, 4.69) is 0 Å². The summed E-state index contributed by atoms with van der Waals surface area (Å²) in [4.78, 5) is 23.2. The molecule has 2 rings (SSSR count). The van der Waals surface area contributed by atoms with E-state index in [-0.39, 0.29) is 12.4 Å². The minimum absolute atomic E-state index is 0.0665. The summed E-state index contributed by atoms with van der Waals surface area (Å²) < 4.78 is 15.9.